The van der Waals surface area contributed by atoms with E-state index in [2.05, 4.69) is 0 Å². The number of hydrogen-bond acceptors (Lipinski definition) is 18. The summed E-state index contributed by atoms with van der Waals surface area (Å²) in [5.74, 6) is -8.18. The Morgan fingerprint density at radius 1 is 0.353 bits per heavy atom. The predicted octanol–water partition coefficient (Wildman–Crippen LogP) is 1.13. The van der Waals surface area contributed by atoms with Crippen LogP contribution in [0.5, 0.6) is 0 Å². The van der Waals surface area contributed by atoms with Crippen molar-refractivity contribution in [3.63, 3.8) is 0 Å². The lowest BCUT2D eigenvalue weighted by atomic mass is 10.2. The van der Waals surface area contributed by atoms with E-state index in [-0.39, 0.29) is 75.1 Å². The van der Waals surface area contributed by atoms with E-state index in [4.69, 9.17) is 28.7 Å². The van der Waals surface area contributed by atoms with Crippen molar-refractivity contribution in [3.05, 3.63) is 0 Å². The SMILES string of the molecule is CC(C)CON1C(OCC(C)C)(N(CO)CO)N(OCC(C)C)C(OCC(C)C)(N(CO)CO)N(OCC(C)C)C1(OCC(C)C)N(CO)CO. The van der Waals surface area contributed by atoms with Gasteiger partial charge in [0.25, 0.3) is 0 Å². The number of hydroxylamine groups is 6. The molecule has 1 saturated heterocycles. The molecule has 0 radical (unpaired) electrons. The molecule has 1 heterocycles. The van der Waals surface area contributed by atoms with Crippen LogP contribution in [0.2, 0.25) is 0 Å². The lowest BCUT2D eigenvalue weighted by molar-refractivity contribution is -0.688. The van der Waals surface area contributed by atoms with E-state index in [1.54, 1.807) is 0 Å². The number of ether oxygens (including phenoxy) is 3. The summed E-state index contributed by atoms with van der Waals surface area (Å²) >= 11 is 0. The van der Waals surface area contributed by atoms with E-state index in [9.17, 15) is 30.6 Å². The summed E-state index contributed by atoms with van der Waals surface area (Å²) in [6.07, 6.45) is 0. The summed E-state index contributed by atoms with van der Waals surface area (Å²) in [5.41, 5.74) is 0. The third-order valence-corrected chi connectivity index (χ3v) is 7.29. The molecular weight excluding hydrogens is 672 g/mol. The smallest absolute Gasteiger partial charge is 0.301 e. The molecular formula is C33H72N6O12. The van der Waals surface area contributed by atoms with E-state index >= 15 is 0 Å². The van der Waals surface area contributed by atoms with Gasteiger partial charge < -0.3 is 44.8 Å². The van der Waals surface area contributed by atoms with Crippen molar-refractivity contribution in [2.75, 3.05) is 80.0 Å². The quantitative estimate of drug-likeness (QED) is 0.0655. The third kappa shape index (κ3) is 11.4. The van der Waals surface area contributed by atoms with Gasteiger partial charge in [-0.15, -0.1) is 0 Å². The van der Waals surface area contributed by atoms with Crippen LogP contribution in [0.3, 0.4) is 0 Å². The molecule has 1 fully saturated rings. The summed E-state index contributed by atoms with van der Waals surface area (Å²) in [5, 5.41) is 70.0. The zero-order valence-electron chi connectivity index (χ0n) is 33.3. The molecule has 1 aliphatic rings. The maximum atomic E-state index is 11.1. The zero-order valence-corrected chi connectivity index (χ0v) is 33.3. The second-order valence-electron chi connectivity index (χ2n) is 15.3. The molecule has 0 unspecified atom stereocenters. The fraction of sp³-hybridized carbons (Fsp3) is 1.00. The Morgan fingerprint density at radius 2 is 0.529 bits per heavy atom. The molecule has 1 rings (SSSR count). The van der Waals surface area contributed by atoms with Crippen LogP contribution in [0.15, 0.2) is 0 Å². The Labute approximate surface area is 305 Å². The Hall–Kier alpha value is -0.720. The lowest BCUT2D eigenvalue weighted by Crippen LogP contribution is -2.96. The highest BCUT2D eigenvalue weighted by Gasteiger charge is 2.79. The van der Waals surface area contributed by atoms with Gasteiger partial charge in [0.2, 0.25) is 0 Å². The largest absolute Gasteiger partial charge is 0.381 e. The van der Waals surface area contributed by atoms with Crippen LogP contribution in [-0.2, 0) is 28.7 Å². The first-order chi connectivity index (χ1) is 24.0. The van der Waals surface area contributed by atoms with Crippen LogP contribution in [0.4, 0.5) is 0 Å². The van der Waals surface area contributed by atoms with Crippen LogP contribution in [0.1, 0.15) is 83.1 Å². The second-order valence-corrected chi connectivity index (χ2v) is 15.3. The van der Waals surface area contributed by atoms with E-state index in [1.165, 1.54) is 0 Å². The zero-order chi connectivity index (χ0) is 39.2. The van der Waals surface area contributed by atoms with Crippen molar-refractivity contribution in [2.45, 2.75) is 101 Å². The molecule has 0 atom stereocenters. The molecule has 0 aromatic rings. The Kier molecular flexibility index (Phi) is 21.4. The van der Waals surface area contributed by atoms with Gasteiger partial charge in [-0.2, -0.15) is 14.7 Å². The van der Waals surface area contributed by atoms with Crippen LogP contribution in [-0.4, -0.2) is 158 Å². The van der Waals surface area contributed by atoms with Crippen molar-refractivity contribution in [1.29, 1.82) is 0 Å². The normalized spacial score (nSPS) is 24.5. The average molecular weight is 745 g/mol. The Morgan fingerprint density at radius 3 is 0.667 bits per heavy atom. The van der Waals surface area contributed by atoms with Crippen molar-refractivity contribution in [2.24, 2.45) is 35.5 Å². The van der Waals surface area contributed by atoms with Crippen LogP contribution >= 0.6 is 0 Å². The second kappa shape index (κ2) is 22.6. The van der Waals surface area contributed by atoms with Crippen LogP contribution < -0.4 is 0 Å². The number of nitrogens with zero attached hydrogens (tertiary/aromatic N) is 6. The van der Waals surface area contributed by atoms with Crippen molar-refractivity contribution < 1.29 is 59.4 Å². The minimum absolute atomic E-state index is 0.0193. The van der Waals surface area contributed by atoms with Crippen molar-refractivity contribution in [3.8, 4) is 0 Å². The minimum Gasteiger partial charge on any atom is -0.381 e. The van der Waals surface area contributed by atoms with Gasteiger partial charge in [-0.05, 0) is 35.5 Å². The summed E-state index contributed by atoms with van der Waals surface area (Å²) in [4.78, 5) is 23.2. The number of aliphatic hydroxyl groups excluding tert-OH is 6. The van der Waals surface area contributed by atoms with E-state index in [0.717, 1.165) is 29.9 Å². The van der Waals surface area contributed by atoms with Gasteiger partial charge in [-0.1, -0.05) is 98.3 Å². The first-order valence-electron chi connectivity index (χ1n) is 18.1. The molecule has 18 heteroatoms. The third-order valence-electron chi connectivity index (χ3n) is 7.29. The Balaban J connectivity index is 4.98. The topological polar surface area (TPSA) is 196 Å². The predicted molar refractivity (Wildman–Crippen MR) is 186 cm³/mol. The van der Waals surface area contributed by atoms with Gasteiger partial charge in [0.05, 0.1) is 39.6 Å². The fourth-order valence-corrected chi connectivity index (χ4v) is 4.91. The molecule has 18 nitrogen and oxygen atoms in total. The van der Waals surface area contributed by atoms with Gasteiger partial charge in [-0.3, -0.25) is 14.5 Å². The fourth-order valence-electron chi connectivity index (χ4n) is 4.91. The molecule has 0 aromatic carbocycles. The number of aliphatic hydroxyl groups is 6. The highest BCUT2D eigenvalue weighted by molar-refractivity contribution is 4.97. The molecule has 0 saturated carbocycles. The van der Waals surface area contributed by atoms with Crippen LogP contribution in [0, 0.1) is 35.5 Å². The maximum Gasteiger partial charge on any atom is 0.301 e. The minimum atomic E-state index is -2.44. The van der Waals surface area contributed by atoms with Gasteiger partial charge >= 0.3 is 17.9 Å². The summed E-state index contributed by atoms with van der Waals surface area (Å²) in [7, 11) is 0. The summed E-state index contributed by atoms with van der Waals surface area (Å²) in [6.45, 7) is 17.3. The van der Waals surface area contributed by atoms with E-state index in [1.807, 2.05) is 83.1 Å². The molecule has 306 valence electrons. The summed E-state index contributed by atoms with van der Waals surface area (Å²) < 4.78 is 20.5. The summed E-state index contributed by atoms with van der Waals surface area (Å²) in [6, 6.07) is 0. The van der Waals surface area contributed by atoms with Gasteiger partial charge in [0.1, 0.15) is 40.4 Å². The monoisotopic (exact) mass is 745 g/mol. The van der Waals surface area contributed by atoms with Crippen molar-refractivity contribution >= 4 is 0 Å². The number of hydrogen-bond donors (Lipinski definition) is 6. The van der Waals surface area contributed by atoms with E-state index in [0.29, 0.717) is 0 Å². The Bertz CT molecular complexity index is 797. The highest BCUT2D eigenvalue weighted by Crippen LogP contribution is 2.52. The van der Waals surface area contributed by atoms with Gasteiger partial charge in [0.15, 0.2) is 0 Å². The molecule has 6 N–H and O–H groups in total. The lowest BCUT2D eigenvalue weighted by Gasteiger charge is -2.70. The standard InChI is InChI=1S/C33H72N6O12/c1-25(2)13-46-31(34(19-40)20-41)37(49-16-28(7)8)32(35(21-42)22-43,47-14-26(3)4)39(51-18-30(11)12)33(36(23-44)24-45,48-15-27(5)6)38(31)50-17-29(9)10/h25-30,40-45H,13-24H2,1-12H3. The molecule has 0 spiro atoms. The highest BCUT2D eigenvalue weighted by atomic mass is 16.9. The van der Waals surface area contributed by atoms with Crippen molar-refractivity contribution in [1.82, 2.24) is 29.9 Å². The van der Waals surface area contributed by atoms with E-state index < -0.39 is 58.3 Å². The molecule has 0 amide bonds. The first kappa shape index (κ1) is 48.3. The van der Waals surface area contributed by atoms with Gasteiger partial charge in [0, 0.05) is 0 Å². The average Bonchev–Trinajstić information content (AvgIpc) is 3.05. The molecule has 1 aliphatic heterocycles. The van der Waals surface area contributed by atoms with Gasteiger partial charge in [-0.25, -0.2) is 0 Å². The number of rotatable bonds is 27. The molecule has 0 aromatic heterocycles. The van der Waals surface area contributed by atoms with Crippen LogP contribution in [0.25, 0.3) is 0 Å². The maximum absolute atomic E-state index is 11.1. The molecule has 0 bridgehead atoms. The first-order valence-corrected chi connectivity index (χ1v) is 18.1. The molecule has 51 heavy (non-hydrogen) atoms. The molecule has 0 aliphatic carbocycles.